The molecule has 1 aromatic carbocycles. The van der Waals surface area contributed by atoms with Gasteiger partial charge in [-0.2, -0.15) is 0 Å². The predicted molar refractivity (Wildman–Crippen MR) is 83.3 cm³/mol. The zero-order valence-corrected chi connectivity index (χ0v) is 13.6. The van der Waals surface area contributed by atoms with Gasteiger partial charge in [0.1, 0.15) is 5.78 Å². The number of ketones is 1. The van der Waals surface area contributed by atoms with Gasteiger partial charge in [-0.3, -0.25) is 4.79 Å². The molecule has 0 bridgehead atoms. The molecule has 0 fully saturated rings. The van der Waals surface area contributed by atoms with Gasteiger partial charge in [-0.05, 0) is 32.0 Å². The lowest BCUT2D eigenvalue weighted by molar-refractivity contribution is -0.116. The summed E-state index contributed by atoms with van der Waals surface area (Å²) in [5.41, 5.74) is 0.946. The van der Waals surface area contributed by atoms with Crippen LogP contribution in [0.25, 0.3) is 0 Å². The fraction of sp³-hybridized carbons (Fsp3) is 0.250. The first-order valence-electron chi connectivity index (χ1n) is 5.58. The number of aromatic nitrogens is 2. The van der Waals surface area contributed by atoms with Gasteiger partial charge in [-0.1, -0.05) is 45.1 Å². The molecule has 4 nitrogen and oxygen atoms in total. The first-order chi connectivity index (χ1) is 9.04. The lowest BCUT2D eigenvalue weighted by Gasteiger charge is -2.02. The fourth-order valence-electron chi connectivity index (χ4n) is 1.23. The van der Waals surface area contributed by atoms with E-state index in [2.05, 4.69) is 31.4 Å². The summed E-state index contributed by atoms with van der Waals surface area (Å²) in [5.74, 6) is 0.140. The van der Waals surface area contributed by atoms with Crippen LogP contribution in [0.1, 0.15) is 13.8 Å². The van der Waals surface area contributed by atoms with E-state index < -0.39 is 0 Å². The molecule has 0 aliphatic rings. The van der Waals surface area contributed by atoms with Gasteiger partial charge in [0.15, 0.2) is 4.34 Å². The number of hydrogen-bond acceptors (Lipinski definition) is 6. The molecule has 0 radical (unpaired) electrons. The number of carbonyl (C=O) groups excluding carboxylic acids is 1. The third kappa shape index (κ3) is 4.29. The van der Waals surface area contributed by atoms with Crippen molar-refractivity contribution in [1.29, 1.82) is 0 Å². The van der Waals surface area contributed by atoms with Crippen LogP contribution in [0.15, 0.2) is 33.1 Å². The van der Waals surface area contributed by atoms with Crippen molar-refractivity contribution in [3.05, 3.63) is 28.7 Å². The van der Waals surface area contributed by atoms with Gasteiger partial charge in [0.05, 0.1) is 5.25 Å². The minimum Gasteiger partial charge on any atom is -0.330 e. The minimum absolute atomic E-state index is 0.0910. The van der Waals surface area contributed by atoms with E-state index in [1.54, 1.807) is 6.92 Å². The molecule has 0 aliphatic carbocycles. The molecule has 0 amide bonds. The van der Waals surface area contributed by atoms with Crippen LogP contribution in [-0.4, -0.2) is 21.2 Å². The number of carbonyl (C=O) groups is 1. The van der Waals surface area contributed by atoms with Gasteiger partial charge in [0, 0.05) is 10.2 Å². The molecule has 1 aromatic heterocycles. The first-order valence-corrected chi connectivity index (χ1v) is 8.06. The van der Waals surface area contributed by atoms with Gasteiger partial charge >= 0.3 is 0 Å². The number of anilines is 2. The molecule has 2 aromatic rings. The Morgan fingerprint density at radius 2 is 2.26 bits per heavy atom. The van der Waals surface area contributed by atoms with Crippen molar-refractivity contribution in [2.45, 2.75) is 23.4 Å². The van der Waals surface area contributed by atoms with Crippen LogP contribution in [0.2, 0.25) is 0 Å². The van der Waals surface area contributed by atoms with E-state index in [0.29, 0.717) is 0 Å². The maximum atomic E-state index is 11.2. The molecule has 1 atom stereocenters. The van der Waals surface area contributed by atoms with Gasteiger partial charge in [0.2, 0.25) is 5.13 Å². The number of hydrogen-bond donors (Lipinski definition) is 1. The third-order valence-corrected chi connectivity index (χ3v) is 4.97. The average molecular weight is 358 g/mol. The highest BCUT2D eigenvalue weighted by Gasteiger charge is 2.13. The van der Waals surface area contributed by atoms with E-state index in [9.17, 15) is 4.79 Å². The van der Waals surface area contributed by atoms with Crippen LogP contribution < -0.4 is 5.32 Å². The summed E-state index contributed by atoms with van der Waals surface area (Å²) in [6.07, 6.45) is 0. The van der Waals surface area contributed by atoms with E-state index in [0.717, 1.165) is 19.6 Å². The van der Waals surface area contributed by atoms with E-state index in [-0.39, 0.29) is 11.0 Å². The molecular formula is C12H12BrN3OS2. The molecule has 0 spiro atoms. The zero-order chi connectivity index (χ0) is 13.8. The number of halogens is 1. The van der Waals surface area contributed by atoms with Crippen molar-refractivity contribution in [3.8, 4) is 0 Å². The Kier molecular flexibility index (Phi) is 4.95. The Labute approximate surface area is 128 Å². The Balaban J connectivity index is 2.03. The molecule has 7 heteroatoms. The topological polar surface area (TPSA) is 54.9 Å². The lowest BCUT2D eigenvalue weighted by atomic mass is 10.3. The van der Waals surface area contributed by atoms with E-state index in [1.807, 2.05) is 31.2 Å². The number of benzene rings is 1. The fourth-order valence-corrected chi connectivity index (χ4v) is 3.55. The summed E-state index contributed by atoms with van der Waals surface area (Å²) in [4.78, 5) is 11.2. The average Bonchev–Trinajstić information content (AvgIpc) is 2.76. The molecule has 1 unspecified atom stereocenters. The summed E-state index contributed by atoms with van der Waals surface area (Å²) >= 11 is 6.29. The summed E-state index contributed by atoms with van der Waals surface area (Å²) in [6, 6.07) is 7.83. The predicted octanol–water partition coefficient (Wildman–Crippen LogP) is 4.11. The standard InChI is InChI=1S/C12H12BrN3OS2/c1-7(17)8(2)18-12-16-15-11(19-12)14-10-5-3-4-9(13)6-10/h3-6,8H,1-2H3,(H,14,15). The second-order valence-corrected chi connectivity index (χ2v) is 7.36. The van der Waals surface area contributed by atoms with Crippen LogP contribution in [0.5, 0.6) is 0 Å². The number of thioether (sulfide) groups is 1. The highest BCUT2D eigenvalue weighted by molar-refractivity contribution is 9.10. The van der Waals surface area contributed by atoms with Crippen LogP contribution >= 0.6 is 39.0 Å². The number of nitrogens with zero attached hydrogens (tertiary/aromatic N) is 2. The molecule has 0 aliphatic heterocycles. The van der Waals surface area contributed by atoms with Crippen molar-refractivity contribution < 1.29 is 4.79 Å². The molecule has 1 heterocycles. The van der Waals surface area contributed by atoms with Gasteiger partial charge < -0.3 is 5.32 Å². The van der Waals surface area contributed by atoms with Crippen molar-refractivity contribution in [1.82, 2.24) is 10.2 Å². The van der Waals surface area contributed by atoms with Crippen LogP contribution in [0.4, 0.5) is 10.8 Å². The Morgan fingerprint density at radius 3 is 2.95 bits per heavy atom. The van der Waals surface area contributed by atoms with Gasteiger partial charge in [-0.15, -0.1) is 10.2 Å². The molecule has 0 saturated heterocycles. The molecule has 0 saturated carbocycles. The summed E-state index contributed by atoms with van der Waals surface area (Å²) < 4.78 is 1.79. The van der Waals surface area contributed by atoms with Crippen molar-refractivity contribution >= 4 is 55.6 Å². The maximum absolute atomic E-state index is 11.2. The molecule has 2 rings (SSSR count). The highest BCUT2D eigenvalue weighted by Crippen LogP contribution is 2.30. The van der Waals surface area contributed by atoms with Crippen molar-refractivity contribution in [3.63, 3.8) is 0 Å². The first kappa shape index (κ1) is 14.5. The second kappa shape index (κ2) is 6.49. The SMILES string of the molecule is CC(=O)C(C)Sc1nnc(Nc2cccc(Br)c2)s1. The Hall–Kier alpha value is -0.920. The van der Waals surface area contributed by atoms with Gasteiger partial charge in [-0.25, -0.2) is 0 Å². The molecule has 19 heavy (non-hydrogen) atoms. The van der Waals surface area contributed by atoms with E-state index in [4.69, 9.17) is 0 Å². The Morgan fingerprint density at radius 1 is 1.47 bits per heavy atom. The number of nitrogens with one attached hydrogen (secondary N) is 1. The van der Waals surface area contributed by atoms with Crippen LogP contribution in [0.3, 0.4) is 0 Å². The quantitative estimate of drug-likeness (QED) is 0.815. The zero-order valence-electron chi connectivity index (χ0n) is 10.4. The van der Waals surface area contributed by atoms with E-state index >= 15 is 0 Å². The maximum Gasteiger partial charge on any atom is 0.210 e. The van der Waals surface area contributed by atoms with Crippen molar-refractivity contribution in [2.75, 3.05) is 5.32 Å². The van der Waals surface area contributed by atoms with Crippen molar-refractivity contribution in [2.24, 2.45) is 0 Å². The summed E-state index contributed by atoms with van der Waals surface area (Å²) in [7, 11) is 0. The molecular weight excluding hydrogens is 346 g/mol. The minimum atomic E-state index is -0.0910. The summed E-state index contributed by atoms with van der Waals surface area (Å²) in [5, 5.41) is 11.9. The number of rotatable bonds is 5. The smallest absolute Gasteiger partial charge is 0.210 e. The normalized spacial score (nSPS) is 12.2. The number of Topliss-reactive ketones (excluding diaryl/α,β-unsaturated/α-hetero) is 1. The van der Waals surface area contributed by atoms with Crippen LogP contribution in [-0.2, 0) is 4.79 Å². The monoisotopic (exact) mass is 357 g/mol. The molecule has 100 valence electrons. The van der Waals surface area contributed by atoms with E-state index in [1.165, 1.54) is 23.1 Å². The highest BCUT2D eigenvalue weighted by atomic mass is 79.9. The summed E-state index contributed by atoms with van der Waals surface area (Å²) in [6.45, 7) is 3.45. The van der Waals surface area contributed by atoms with Gasteiger partial charge in [0.25, 0.3) is 0 Å². The lowest BCUT2D eigenvalue weighted by Crippen LogP contribution is -2.07. The molecule has 1 N–H and O–H groups in total. The third-order valence-electron chi connectivity index (χ3n) is 2.33. The Bertz CT molecular complexity index is 588. The largest absolute Gasteiger partial charge is 0.330 e. The van der Waals surface area contributed by atoms with Crippen LogP contribution in [0, 0.1) is 0 Å². The second-order valence-electron chi connectivity index (χ2n) is 3.88.